The van der Waals surface area contributed by atoms with Gasteiger partial charge < -0.3 is 0 Å². The lowest BCUT2D eigenvalue weighted by Gasteiger charge is -2.10. The van der Waals surface area contributed by atoms with Gasteiger partial charge in [-0.25, -0.2) is 5.84 Å². The zero-order valence-corrected chi connectivity index (χ0v) is 5.89. The Morgan fingerprint density at radius 2 is 2.10 bits per heavy atom. The summed E-state index contributed by atoms with van der Waals surface area (Å²) in [6, 6.07) is 0. The average Bonchev–Trinajstić information content (AvgIpc) is 2.74. The molecule has 10 heavy (non-hydrogen) atoms. The van der Waals surface area contributed by atoms with Gasteiger partial charge in [0.2, 0.25) is 5.91 Å². The van der Waals surface area contributed by atoms with Crippen molar-refractivity contribution >= 4 is 5.91 Å². The summed E-state index contributed by atoms with van der Waals surface area (Å²) in [5, 5.41) is 0. The van der Waals surface area contributed by atoms with E-state index in [1.165, 1.54) is 12.8 Å². The lowest BCUT2D eigenvalue weighted by Crippen LogP contribution is -2.38. The maximum absolute atomic E-state index is 11.1. The van der Waals surface area contributed by atoms with E-state index in [4.69, 9.17) is 5.84 Å². The second-order valence-electron chi connectivity index (χ2n) is 3.40. The normalized spacial score (nSPS) is 27.7. The van der Waals surface area contributed by atoms with E-state index in [0.717, 1.165) is 12.8 Å². The van der Waals surface area contributed by atoms with Crippen LogP contribution in [0.15, 0.2) is 0 Å². The zero-order chi connectivity index (χ0) is 7.19. The number of hydrogen-bond acceptors (Lipinski definition) is 2. The monoisotopic (exact) mass is 140 g/mol. The molecule has 0 aromatic heterocycles. The van der Waals surface area contributed by atoms with Gasteiger partial charge in [0.05, 0.1) is 5.41 Å². The molecule has 3 heteroatoms. The number of carbonyl (C=O) groups excluding carboxylic acids is 1. The van der Waals surface area contributed by atoms with E-state index in [0.29, 0.717) is 5.92 Å². The summed E-state index contributed by atoms with van der Waals surface area (Å²) in [5.41, 5.74) is 2.24. The van der Waals surface area contributed by atoms with Crippen LogP contribution in [-0.4, -0.2) is 5.91 Å². The summed E-state index contributed by atoms with van der Waals surface area (Å²) in [6.07, 6.45) is 4.57. The van der Waals surface area contributed by atoms with Crippen LogP contribution >= 0.6 is 0 Å². The van der Waals surface area contributed by atoms with E-state index in [2.05, 4.69) is 5.43 Å². The minimum absolute atomic E-state index is 0.00521. The van der Waals surface area contributed by atoms with Gasteiger partial charge in [-0.1, -0.05) is 0 Å². The number of carbonyl (C=O) groups is 1. The van der Waals surface area contributed by atoms with Crippen molar-refractivity contribution in [1.82, 2.24) is 5.43 Å². The summed E-state index contributed by atoms with van der Waals surface area (Å²) >= 11 is 0. The SMILES string of the molecule is NNC(=O)C1(C2CC2)CC1. The van der Waals surface area contributed by atoms with Crippen molar-refractivity contribution in [3.05, 3.63) is 0 Å². The van der Waals surface area contributed by atoms with Crippen LogP contribution in [-0.2, 0) is 4.79 Å². The Balaban J connectivity index is 2.06. The molecule has 2 saturated carbocycles. The van der Waals surface area contributed by atoms with Gasteiger partial charge in [0.15, 0.2) is 0 Å². The van der Waals surface area contributed by atoms with Gasteiger partial charge >= 0.3 is 0 Å². The largest absolute Gasteiger partial charge is 0.294 e. The Morgan fingerprint density at radius 1 is 1.50 bits per heavy atom. The van der Waals surface area contributed by atoms with Crippen LogP contribution in [0.3, 0.4) is 0 Å². The van der Waals surface area contributed by atoms with Crippen molar-refractivity contribution in [3.63, 3.8) is 0 Å². The molecule has 0 atom stereocenters. The molecule has 2 fully saturated rings. The summed E-state index contributed by atoms with van der Waals surface area (Å²) in [4.78, 5) is 11.1. The molecule has 2 aliphatic carbocycles. The maximum Gasteiger partial charge on any atom is 0.240 e. The van der Waals surface area contributed by atoms with Gasteiger partial charge in [-0.15, -0.1) is 0 Å². The van der Waals surface area contributed by atoms with Crippen molar-refractivity contribution in [2.75, 3.05) is 0 Å². The first-order valence-electron chi connectivity index (χ1n) is 3.81. The molecule has 2 rings (SSSR count). The summed E-state index contributed by atoms with van der Waals surface area (Å²) in [5.74, 6) is 5.79. The Morgan fingerprint density at radius 3 is 2.40 bits per heavy atom. The number of rotatable bonds is 2. The molecule has 3 N–H and O–H groups in total. The van der Waals surface area contributed by atoms with Crippen molar-refractivity contribution < 1.29 is 4.79 Å². The smallest absolute Gasteiger partial charge is 0.240 e. The molecule has 56 valence electrons. The number of hydrazine groups is 1. The first kappa shape index (κ1) is 6.16. The first-order valence-corrected chi connectivity index (χ1v) is 3.81. The fraction of sp³-hybridized carbons (Fsp3) is 0.857. The second kappa shape index (κ2) is 1.72. The van der Waals surface area contributed by atoms with E-state index in [1.807, 2.05) is 0 Å². The maximum atomic E-state index is 11.1. The van der Waals surface area contributed by atoms with Crippen LogP contribution in [0.5, 0.6) is 0 Å². The minimum Gasteiger partial charge on any atom is -0.294 e. The van der Waals surface area contributed by atoms with Crippen molar-refractivity contribution in [2.24, 2.45) is 17.2 Å². The van der Waals surface area contributed by atoms with Gasteiger partial charge in [0.25, 0.3) is 0 Å². The highest BCUT2D eigenvalue weighted by molar-refractivity contribution is 5.85. The Kier molecular flexibility index (Phi) is 1.06. The van der Waals surface area contributed by atoms with Gasteiger partial charge in [0, 0.05) is 0 Å². The molecule has 2 aliphatic rings. The highest BCUT2D eigenvalue weighted by Gasteiger charge is 2.58. The molecule has 0 heterocycles. The molecule has 0 bridgehead atoms. The molecule has 0 saturated heterocycles. The second-order valence-corrected chi connectivity index (χ2v) is 3.40. The van der Waals surface area contributed by atoms with Gasteiger partial charge in [-0.05, 0) is 31.6 Å². The van der Waals surface area contributed by atoms with E-state index in [1.54, 1.807) is 0 Å². The van der Waals surface area contributed by atoms with Crippen molar-refractivity contribution in [3.8, 4) is 0 Å². The molecule has 0 radical (unpaired) electrons. The van der Waals surface area contributed by atoms with E-state index >= 15 is 0 Å². The number of amides is 1. The molecule has 0 unspecified atom stereocenters. The van der Waals surface area contributed by atoms with Gasteiger partial charge in [-0.3, -0.25) is 10.2 Å². The Labute approximate surface area is 59.9 Å². The first-order chi connectivity index (χ1) is 4.79. The van der Waals surface area contributed by atoms with Crippen LogP contribution < -0.4 is 11.3 Å². The van der Waals surface area contributed by atoms with E-state index in [9.17, 15) is 4.79 Å². The molecule has 3 nitrogen and oxygen atoms in total. The molecular formula is C7H12N2O. The minimum atomic E-state index is -0.00521. The molecule has 0 aromatic carbocycles. The fourth-order valence-corrected chi connectivity index (χ4v) is 1.74. The third kappa shape index (κ3) is 0.669. The van der Waals surface area contributed by atoms with Crippen molar-refractivity contribution in [1.29, 1.82) is 0 Å². The number of hydrogen-bond donors (Lipinski definition) is 2. The topological polar surface area (TPSA) is 55.1 Å². The lowest BCUT2D eigenvalue weighted by atomic mass is 10.0. The molecule has 0 spiro atoms. The number of nitrogens with two attached hydrogens (primary N) is 1. The van der Waals surface area contributed by atoms with Crippen LogP contribution in [0, 0.1) is 11.3 Å². The number of nitrogens with one attached hydrogen (secondary N) is 1. The highest BCUT2D eigenvalue weighted by Crippen LogP contribution is 2.61. The summed E-state index contributed by atoms with van der Waals surface area (Å²) in [6.45, 7) is 0. The van der Waals surface area contributed by atoms with E-state index < -0.39 is 0 Å². The summed E-state index contributed by atoms with van der Waals surface area (Å²) < 4.78 is 0. The Hall–Kier alpha value is -0.570. The highest BCUT2D eigenvalue weighted by atomic mass is 16.2. The van der Waals surface area contributed by atoms with Crippen LogP contribution in [0.4, 0.5) is 0 Å². The molecule has 0 aromatic rings. The zero-order valence-electron chi connectivity index (χ0n) is 5.89. The summed E-state index contributed by atoms with van der Waals surface area (Å²) in [7, 11) is 0. The average molecular weight is 140 g/mol. The quantitative estimate of drug-likeness (QED) is 0.326. The van der Waals surface area contributed by atoms with Crippen LogP contribution in [0.1, 0.15) is 25.7 Å². The Bertz CT molecular complexity index is 170. The third-order valence-corrected chi connectivity index (χ3v) is 2.73. The van der Waals surface area contributed by atoms with E-state index in [-0.39, 0.29) is 11.3 Å². The van der Waals surface area contributed by atoms with Gasteiger partial charge in [0.1, 0.15) is 0 Å². The fourth-order valence-electron chi connectivity index (χ4n) is 1.74. The molecule has 0 aliphatic heterocycles. The van der Waals surface area contributed by atoms with Crippen LogP contribution in [0.2, 0.25) is 0 Å². The molecule has 1 amide bonds. The predicted octanol–water partition coefficient (Wildman–Crippen LogP) is 0.166. The van der Waals surface area contributed by atoms with Crippen LogP contribution in [0.25, 0.3) is 0 Å². The van der Waals surface area contributed by atoms with Crippen molar-refractivity contribution in [2.45, 2.75) is 25.7 Å². The standard InChI is InChI=1S/C7H12N2O/c8-9-6(10)7(3-4-7)5-1-2-5/h5H,1-4,8H2,(H,9,10). The lowest BCUT2D eigenvalue weighted by molar-refractivity contribution is -0.127. The van der Waals surface area contributed by atoms with Gasteiger partial charge in [-0.2, -0.15) is 0 Å². The predicted molar refractivity (Wildman–Crippen MR) is 36.7 cm³/mol. The third-order valence-electron chi connectivity index (χ3n) is 2.73. The molecular weight excluding hydrogens is 128 g/mol.